The quantitative estimate of drug-likeness (QED) is 0.902. The molecule has 4 heteroatoms. The zero-order valence-electron chi connectivity index (χ0n) is 14.6. The zero-order valence-corrected chi connectivity index (χ0v) is 14.6. The maximum absolute atomic E-state index is 5.79. The van der Waals surface area contributed by atoms with Gasteiger partial charge in [-0.25, -0.2) is 0 Å². The van der Waals surface area contributed by atoms with Gasteiger partial charge >= 0.3 is 0 Å². The molecule has 2 aromatic rings. The van der Waals surface area contributed by atoms with Crippen LogP contribution in [0, 0.1) is 0 Å². The van der Waals surface area contributed by atoms with Crippen LogP contribution in [0.3, 0.4) is 0 Å². The van der Waals surface area contributed by atoms with E-state index in [1.165, 1.54) is 47.2 Å². The number of nitrogens with one attached hydrogen (secondary N) is 1. The fourth-order valence-electron chi connectivity index (χ4n) is 4.52. The summed E-state index contributed by atoms with van der Waals surface area (Å²) in [4.78, 5) is 8.79. The van der Waals surface area contributed by atoms with Crippen LogP contribution in [0.5, 0.6) is 5.75 Å². The molecule has 0 atom stereocenters. The molecule has 3 aliphatic rings. The molecule has 1 aliphatic heterocycles. The summed E-state index contributed by atoms with van der Waals surface area (Å²) in [6, 6.07) is 6.56. The van der Waals surface area contributed by atoms with Gasteiger partial charge in [-0.1, -0.05) is 12.5 Å². The van der Waals surface area contributed by atoms with Crippen molar-refractivity contribution >= 4 is 23.2 Å². The van der Waals surface area contributed by atoms with Crippen LogP contribution in [-0.4, -0.2) is 25.0 Å². The van der Waals surface area contributed by atoms with Gasteiger partial charge in [-0.2, -0.15) is 0 Å². The number of ether oxygens (including phenoxy) is 1. The summed E-state index contributed by atoms with van der Waals surface area (Å²) in [6.45, 7) is 0. The highest BCUT2D eigenvalue weighted by molar-refractivity contribution is 6.11. The van der Waals surface area contributed by atoms with Gasteiger partial charge in [0.15, 0.2) is 0 Å². The summed E-state index contributed by atoms with van der Waals surface area (Å²) < 4.78 is 5.79. The number of hydrogen-bond donors (Lipinski definition) is 1. The highest BCUT2D eigenvalue weighted by Gasteiger charge is 2.49. The molecule has 1 aromatic heterocycles. The molecule has 0 unspecified atom stereocenters. The van der Waals surface area contributed by atoms with Crippen molar-refractivity contribution in [1.29, 1.82) is 0 Å². The van der Waals surface area contributed by atoms with E-state index in [4.69, 9.17) is 4.74 Å². The van der Waals surface area contributed by atoms with Crippen LogP contribution < -0.4 is 10.1 Å². The Balaban J connectivity index is 1.62. The molecular weight excluding hydrogens is 310 g/mol. The van der Waals surface area contributed by atoms with E-state index in [0.29, 0.717) is 0 Å². The molecule has 0 bridgehead atoms. The predicted molar refractivity (Wildman–Crippen MR) is 101 cm³/mol. The summed E-state index contributed by atoms with van der Waals surface area (Å²) in [5.41, 5.74) is 7.60. The van der Waals surface area contributed by atoms with Crippen molar-refractivity contribution in [1.82, 2.24) is 4.98 Å². The maximum Gasteiger partial charge on any atom is 0.126 e. The van der Waals surface area contributed by atoms with Crippen molar-refractivity contribution < 1.29 is 4.74 Å². The van der Waals surface area contributed by atoms with Crippen molar-refractivity contribution in [3.63, 3.8) is 0 Å². The highest BCUT2D eigenvalue weighted by atomic mass is 16.5. The van der Waals surface area contributed by atoms with E-state index < -0.39 is 0 Å². The number of amidine groups is 1. The van der Waals surface area contributed by atoms with Crippen molar-refractivity contribution in [2.24, 2.45) is 4.99 Å². The first-order valence-electron chi connectivity index (χ1n) is 8.86. The average Bonchev–Trinajstić information content (AvgIpc) is 3.18. The number of benzene rings is 1. The number of aromatic nitrogens is 1. The third kappa shape index (κ3) is 1.94. The minimum atomic E-state index is 0.0901. The number of hydrogen-bond acceptors (Lipinski definition) is 3. The first-order chi connectivity index (χ1) is 12.2. The molecule has 126 valence electrons. The number of methoxy groups -OCH3 is 1. The van der Waals surface area contributed by atoms with E-state index in [2.05, 4.69) is 39.6 Å². The number of nitrogens with zero attached hydrogens (tertiary/aromatic N) is 2. The molecule has 1 N–H and O–H groups in total. The van der Waals surface area contributed by atoms with Gasteiger partial charge in [0.2, 0.25) is 0 Å². The minimum Gasteiger partial charge on any atom is -0.496 e. The normalized spacial score (nSPS) is 20.7. The zero-order chi connectivity index (χ0) is 17.0. The van der Waals surface area contributed by atoms with E-state index in [0.717, 1.165) is 23.6 Å². The van der Waals surface area contributed by atoms with Gasteiger partial charge in [-0.3, -0.25) is 9.98 Å². The van der Waals surface area contributed by atoms with Crippen molar-refractivity contribution in [3.05, 3.63) is 52.8 Å². The van der Waals surface area contributed by atoms with Crippen LogP contribution in [0.15, 0.2) is 35.6 Å². The Bertz CT molecular complexity index is 938. The largest absolute Gasteiger partial charge is 0.496 e. The fraction of sp³-hybridized carbons (Fsp3) is 0.333. The lowest BCUT2D eigenvalue weighted by atomic mass is 9.64. The Hall–Kier alpha value is -2.62. The van der Waals surface area contributed by atoms with Gasteiger partial charge in [-0.05, 0) is 53.3 Å². The van der Waals surface area contributed by atoms with Crippen LogP contribution >= 0.6 is 0 Å². The second-order valence-electron chi connectivity index (χ2n) is 7.15. The second-order valence-corrected chi connectivity index (χ2v) is 7.15. The standard InChI is InChI=1S/C21H21N3O/c1-22-20-21(5-3-6-21)17-11-19(25-2)16(10-18(17)24-20)14-8-13-4-7-23-12-15(13)9-14/h4,7-8,10-12H,3,5-6,9H2,1-2H3,(H,22,24). The Labute approximate surface area is 147 Å². The van der Waals surface area contributed by atoms with Crippen molar-refractivity contribution in [3.8, 4) is 5.75 Å². The molecule has 0 amide bonds. The lowest BCUT2D eigenvalue weighted by Gasteiger charge is -2.38. The van der Waals surface area contributed by atoms with Gasteiger partial charge in [0.05, 0.1) is 12.5 Å². The Kier molecular flexibility index (Phi) is 3.05. The maximum atomic E-state index is 5.79. The Morgan fingerprint density at radius 1 is 1.28 bits per heavy atom. The third-order valence-corrected chi connectivity index (χ3v) is 5.99. The smallest absolute Gasteiger partial charge is 0.126 e. The topological polar surface area (TPSA) is 46.5 Å². The van der Waals surface area contributed by atoms with E-state index in [9.17, 15) is 0 Å². The summed E-state index contributed by atoms with van der Waals surface area (Å²) >= 11 is 0. The molecule has 5 rings (SSSR count). The number of rotatable bonds is 2. The molecule has 0 radical (unpaired) electrons. The number of aliphatic imine (C=N–C) groups is 1. The molecule has 1 aromatic carbocycles. The van der Waals surface area contributed by atoms with Gasteiger partial charge in [-0.15, -0.1) is 0 Å². The highest BCUT2D eigenvalue weighted by Crippen LogP contribution is 2.53. The number of pyridine rings is 1. The fourth-order valence-corrected chi connectivity index (χ4v) is 4.52. The first kappa shape index (κ1) is 14.7. The minimum absolute atomic E-state index is 0.0901. The van der Waals surface area contributed by atoms with Gasteiger partial charge < -0.3 is 10.1 Å². The third-order valence-electron chi connectivity index (χ3n) is 5.99. The van der Waals surface area contributed by atoms with Crippen LogP contribution in [-0.2, 0) is 11.8 Å². The van der Waals surface area contributed by atoms with E-state index in [1.807, 2.05) is 19.4 Å². The lowest BCUT2D eigenvalue weighted by molar-refractivity contribution is 0.344. The summed E-state index contributed by atoms with van der Waals surface area (Å²) in [5.74, 6) is 2.07. The lowest BCUT2D eigenvalue weighted by Crippen LogP contribution is -2.41. The molecule has 25 heavy (non-hydrogen) atoms. The predicted octanol–water partition coefficient (Wildman–Crippen LogP) is 4.06. The number of anilines is 1. The molecule has 1 saturated carbocycles. The second kappa shape index (κ2) is 5.19. The van der Waals surface area contributed by atoms with Gasteiger partial charge in [0.1, 0.15) is 11.6 Å². The molecule has 1 fully saturated rings. The average molecular weight is 331 g/mol. The molecular formula is C21H21N3O. The van der Waals surface area contributed by atoms with Crippen molar-refractivity contribution in [2.75, 3.05) is 19.5 Å². The number of allylic oxidation sites excluding steroid dienone is 1. The first-order valence-corrected chi connectivity index (χ1v) is 8.86. The van der Waals surface area contributed by atoms with Crippen LogP contribution in [0.1, 0.15) is 41.5 Å². The van der Waals surface area contributed by atoms with Gasteiger partial charge in [0, 0.05) is 37.1 Å². The van der Waals surface area contributed by atoms with E-state index in [1.54, 1.807) is 7.11 Å². The monoisotopic (exact) mass is 331 g/mol. The van der Waals surface area contributed by atoms with Crippen LogP contribution in [0.4, 0.5) is 5.69 Å². The summed E-state index contributed by atoms with van der Waals surface area (Å²) in [7, 11) is 3.65. The molecule has 4 nitrogen and oxygen atoms in total. The molecule has 2 heterocycles. The number of fused-ring (bicyclic) bond motifs is 3. The Morgan fingerprint density at radius 2 is 2.16 bits per heavy atom. The van der Waals surface area contributed by atoms with E-state index >= 15 is 0 Å². The van der Waals surface area contributed by atoms with Crippen molar-refractivity contribution in [2.45, 2.75) is 31.1 Å². The van der Waals surface area contributed by atoms with Crippen LogP contribution in [0.25, 0.3) is 11.6 Å². The molecule has 2 aliphatic carbocycles. The molecule has 1 spiro atoms. The SMILES string of the molecule is CN=C1Nc2cc(C3=Cc4ccncc4C3)c(OC)cc2C12CCC2. The summed E-state index contributed by atoms with van der Waals surface area (Å²) in [6.07, 6.45) is 10.6. The molecule has 0 saturated heterocycles. The Morgan fingerprint density at radius 3 is 2.84 bits per heavy atom. The summed E-state index contributed by atoms with van der Waals surface area (Å²) in [5, 5.41) is 3.57. The van der Waals surface area contributed by atoms with E-state index in [-0.39, 0.29) is 5.41 Å². The van der Waals surface area contributed by atoms with Gasteiger partial charge in [0.25, 0.3) is 0 Å². The van der Waals surface area contributed by atoms with Crippen LogP contribution in [0.2, 0.25) is 0 Å².